The molecular formula is C27H21BClN7O. The maximum atomic E-state index is 12.5. The topological polar surface area (TPSA) is 107 Å². The predicted octanol–water partition coefficient (Wildman–Crippen LogP) is 4.44. The van der Waals surface area contributed by atoms with Crippen molar-refractivity contribution in [2.24, 2.45) is 0 Å². The standard InChI is InChI=1S/C27H21BClN7O/c28-22-16-32-36-25(13-24(35-26(22)36)21-9-1-2-10-23(21)29)31-15-18-6-4-8-20(12-18)34-27(37)33-19-7-3-5-17(11-19)14-30/h1-13,16,31H,15,28H2,(H2,33,34,37). The third-order valence-corrected chi connectivity index (χ3v) is 6.04. The number of hydrogen-bond acceptors (Lipinski definition) is 5. The van der Waals surface area contributed by atoms with Crippen LogP contribution in [0.25, 0.3) is 16.9 Å². The van der Waals surface area contributed by atoms with Gasteiger partial charge in [0.2, 0.25) is 0 Å². The molecule has 10 heteroatoms. The van der Waals surface area contributed by atoms with Crippen LogP contribution >= 0.6 is 11.6 Å². The van der Waals surface area contributed by atoms with Gasteiger partial charge in [0.15, 0.2) is 5.65 Å². The number of fused-ring (bicyclic) bond motifs is 1. The van der Waals surface area contributed by atoms with E-state index in [9.17, 15) is 4.79 Å². The molecule has 0 bridgehead atoms. The maximum absolute atomic E-state index is 12.5. The molecule has 0 atom stereocenters. The summed E-state index contributed by atoms with van der Waals surface area (Å²) in [5, 5.41) is 23.2. The quantitative estimate of drug-likeness (QED) is 0.296. The molecule has 180 valence electrons. The fraction of sp³-hybridized carbons (Fsp3) is 0.0370. The highest BCUT2D eigenvalue weighted by atomic mass is 35.5. The van der Waals surface area contributed by atoms with Crippen LogP contribution in [0.4, 0.5) is 22.0 Å². The van der Waals surface area contributed by atoms with Crippen molar-refractivity contribution in [2.45, 2.75) is 6.54 Å². The van der Waals surface area contributed by atoms with Crippen LogP contribution in [-0.4, -0.2) is 28.5 Å². The summed E-state index contributed by atoms with van der Waals surface area (Å²) < 4.78 is 1.76. The molecule has 5 aromatic rings. The van der Waals surface area contributed by atoms with Crippen molar-refractivity contribution >= 4 is 53.8 Å². The molecule has 3 aromatic carbocycles. The molecular weight excluding hydrogens is 485 g/mol. The molecule has 3 N–H and O–H groups in total. The van der Waals surface area contributed by atoms with E-state index in [1.807, 2.05) is 62.4 Å². The van der Waals surface area contributed by atoms with E-state index >= 15 is 0 Å². The highest BCUT2D eigenvalue weighted by Crippen LogP contribution is 2.28. The number of nitrogens with one attached hydrogen (secondary N) is 3. The van der Waals surface area contributed by atoms with Gasteiger partial charge in [-0.25, -0.2) is 9.78 Å². The van der Waals surface area contributed by atoms with Gasteiger partial charge in [0, 0.05) is 40.8 Å². The molecule has 0 unspecified atom stereocenters. The number of halogens is 1. The number of carbonyl (C=O) groups is 1. The smallest absolute Gasteiger partial charge is 0.323 e. The minimum Gasteiger partial charge on any atom is -0.366 e. The minimum absolute atomic E-state index is 0.396. The van der Waals surface area contributed by atoms with Crippen molar-refractivity contribution in [1.29, 1.82) is 5.26 Å². The molecule has 8 nitrogen and oxygen atoms in total. The van der Waals surface area contributed by atoms with Gasteiger partial charge in [0.05, 0.1) is 17.3 Å². The number of amides is 2. The molecule has 0 aliphatic heterocycles. The number of nitriles is 1. The van der Waals surface area contributed by atoms with Crippen LogP contribution in [0.15, 0.2) is 85.1 Å². The van der Waals surface area contributed by atoms with E-state index < -0.39 is 6.03 Å². The molecule has 5 rings (SSSR count). The van der Waals surface area contributed by atoms with E-state index in [0.717, 1.165) is 33.7 Å². The first kappa shape index (κ1) is 23.9. The summed E-state index contributed by atoms with van der Waals surface area (Å²) in [4.78, 5) is 17.2. The second-order valence-electron chi connectivity index (χ2n) is 8.40. The van der Waals surface area contributed by atoms with Gasteiger partial charge in [-0.1, -0.05) is 48.0 Å². The Bertz CT molecular complexity index is 1660. The number of urea groups is 1. The lowest BCUT2D eigenvalue weighted by Gasteiger charge is -2.13. The van der Waals surface area contributed by atoms with Gasteiger partial charge in [0.1, 0.15) is 13.7 Å². The molecule has 0 aliphatic rings. The molecule has 0 radical (unpaired) electrons. The zero-order chi connectivity index (χ0) is 25.8. The molecule has 0 aliphatic carbocycles. The van der Waals surface area contributed by atoms with Crippen LogP contribution in [0.2, 0.25) is 5.02 Å². The van der Waals surface area contributed by atoms with Crippen molar-refractivity contribution in [3.63, 3.8) is 0 Å². The number of carbonyl (C=O) groups excluding carboxylic acids is 1. The highest BCUT2D eigenvalue weighted by molar-refractivity contribution is 6.36. The zero-order valence-corrected chi connectivity index (χ0v) is 20.6. The molecule has 0 spiro atoms. The Kier molecular flexibility index (Phi) is 6.75. The van der Waals surface area contributed by atoms with Crippen molar-refractivity contribution in [2.75, 3.05) is 16.0 Å². The number of nitrogens with zero attached hydrogens (tertiary/aromatic N) is 4. The molecule has 0 saturated heterocycles. The van der Waals surface area contributed by atoms with Crippen LogP contribution in [0.5, 0.6) is 0 Å². The van der Waals surface area contributed by atoms with Gasteiger partial charge in [-0.3, -0.25) is 0 Å². The van der Waals surface area contributed by atoms with E-state index in [2.05, 4.69) is 27.1 Å². The van der Waals surface area contributed by atoms with Crippen LogP contribution in [0.3, 0.4) is 0 Å². The Morgan fingerprint density at radius 3 is 2.54 bits per heavy atom. The normalized spacial score (nSPS) is 10.6. The van der Waals surface area contributed by atoms with Gasteiger partial charge >= 0.3 is 6.03 Å². The lowest BCUT2D eigenvalue weighted by atomic mass is 10.0. The number of aromatic nitrogens is 3. The van der Waals surface area contributed by atoms with Gasteiger partial charge in [-0.2, -0.15) is 14.9 Å². The third kappa shape index (κ3) is 5.40. The van der Waals surface area contributed by atoms with E-state index in [-0.39, 0.29) is 0 Å². The van der Waals surface area contributed by atoms with Crippen molar-refractivity contribution in [3.8, 4) is 17.3 Å². The fourth-order valence-corrected chi connectivity index (χ4v) is 4.15. The van der Waals surface area contributed by atoms with Crippen LogP contribution < -0.4 is 21.4 Å². The molecule has 0 fully saturated rings. The van der Waals surface area contributed by atoms with Crippen molar-refractivity contribution in [3.05, 3.63) is 101 Å². The monoisotopic (exact) mass is 505 g/mol. The first-order valence-corrected chi connectivity index (χ1v) is 11.9. The van der Waals surface area contributed by atoms with Gasteiger partial charge in [0.25, 0.3) is 0 Å². The molecule has 2 aromatic heterocycles. The fourth-order valence-electron chi connectivity index (χ4n) is 3.92. The van der Waals surface area contributed by atoms with Gasteiger partial charge in [-0.15, -0.1) is 0 Å². The van der Waals surface area contributed by atoms with Crippen LogP contribution in [0, 0.1) is 11.3 Å². The Morgan fingerprint density at radius 1 is 1.00 bits per heavy atom. The Morgan fingerprint density at radius 2 is 1.76 bits per heavy atom. The number of hydrogen-bond donors (Lipinski definition) is 3. The Balaban J connectivity index is 1.33. The lowest BCUT2D eigenvalue weighted by molar-refractivity contribution is 0.262. The molecule has 2 amide bonds. The van der Waals surface area contributed by atoms with Crippen LogP contribution in [0.1, 0.15) is 11.1 Å². The predicted molar refractivity (Wildman–Crippen MR) is 149 cm³/mol. The maximum Gasteiger partial charge on any atom is 0.323 e. The summed E-state index contributed by atoms with van der Waals surface area (Å²) in [6.07, 6.45) is 1.78. The first-order valence-electron chi connectivity index (χ1n) is 11.5. The highest BCUT2D eigenvalue weighted by Gasteiger charge is 2.13. The summed E-state index contributed by atoms with van der Waals surface area (Å²) in [7, 11) is 1.96. The van der Waals surface area contributed by atoms with Crippen molar-refractivity contribution < 1.29 is 4.79 Å². The molecule has 0 saturated carbocycles. The van der Waals surface area contributed by atoms with E-state index in [4.69, 9.17) is 21.8 Å². The number of benzene rings is 3. The summed E-state index contributed by atoms with van der Waals surface area (Å²) in [6, 6.07) is 25.5. The lowest BCUT2D eigenvalue weighted by Crippen LogP contribution is -2.19. The summed E-state index contributed by atoms with van der Waals surface area (Å²) in [5.74, 6) is 0.765. The number of rotatable bonds is 6. The molecule has 2 heterocycles. The summed E-state index contributed by atoms with van der Waals surface area (Å²) >= 11 is 6.44. The largest absolute Gasteiger partial charge is 0.366 e. The first-order chi connectivity index (χ1) is 18.0. The van der Waals surface area contributed by atoms with Gasteiger partial charge < -0.3 is 16.0 Å². The summed E-state index contributed by atoms with van der Waals surface area (Å²) in [5.41, 5.74) is 5.89. The van der Waals surface area contributed by atoms with Crippen molar-refractivity contribution in [1.82, 2.24) is 14.6 Å². The van der Waals surface area contributed by atoms with E-state index in [1.165, 1.54) is 0 Å². The molecule has 37 heavy (non-hydrogen) atoms. The Hall–Kier alpha value is -4.81. The minimum atomic E-state index is -0.396. The third-order valence-electron chi connectivity index (χ3n) is 5.71. The van der Waals surface area contributed by atoms with Crippen LogP contribution in [-0.2, 0) is 6.54 Å². The summed E-state index contributed by atoms with van der Waals surface area (Å²) in [6.45, 7) is 0.487. The average molecular weight is 506 g/mol. The second-order valence-corrected chi connectivity index (χ2v) is 8.80. The number of anilines is 3. The average Bonchev–Trinajstić information content (AvgIpc) is 3.28. The Labute approximate surface area is 219 Å². The van der Waals surface area contributed by atoms with E-state index in [0.29, 0.717) is 28.5 Å². The SMILES string of the molecule is Bc1cnn2c(NCc3cccc(NC(=O)Nc4cccc(C#N)c4)c3)cc(-c3ccccc3Cl)nc12. The van der Waals surface area contributed by atoms with Gasteiger partial charge in [-0.05, 0) is 47.4 Å². The zero-order valence-electron chi connectivity index (χ0n) is 19.9. The second kappa shape index (κ2) is 10.4. The van der Waals surface area contributed by atoms with E-state index in [1.54, 1.807) is 35.0 Å².